The van der Waals surface area contributed by atoms with Crippen molar-refractivity contribution in [2.75, 3.05) is 66.5 Å². The molecule has 22 rings (SSSR count). The number of pyridine rings is 6. The third-order valence-corrected chi connectivity index (χ3v) is 33.2. The van der Waals surface area contributed by atoms with Crippen LogP contribution in [0.15, 0.2) is 337 Å². The van der Waals surface area contributed by atoms with Crippen LogP contribution in [-0.4, -0.2) is 168 Å². The minimum Gasteiger partial charge on any atom is -0.508 e. The summed E-state index contributed by atoms with van der Waals surface area (Å²) in [7, 11) is -6.97. The molecule has 0 amide bonds. The van der Waals surface area contributed by atoms with Crippen LogP contribution in [0.1, 0.15) is 74.6 Å². The highest BCUT2D eigenvalue weighted by Crippen LogP contribution is 2.41. The Morgan fingerprint density at radius 1 is 0.343 bits per heavy atom. The molecule has 0 saturated carbocycles. The first kappa shape index (κ1) is 102. The van der Waals surface area contributed by atoms with Crippen LogP contribution in [0.25, 0.3) is 92.8 Å². The van der Waals surface area contributed by atoms with Gasteiger partial charge in [-0.1, -0.05) is 170 Å². The van der Waals surface area contributed by atoms with Crippen molar-refractivity contribution in [3.8, 4) is 61.8 Å². The van der Waals surface area contributed by atoms with Gasteiger partial charge in [0.15, 0.2) is 16.9 Å². The van der Waals surface area contributed by atoms with Crippen molar-refractivity contribution >= 4 is 187 Å². The Morgan fingerprint density at radius 3 is 1.17 bits per heavy atom. The monoisotopic (exact) mass is 2400 g/mol. The van der Waals surface area contributed by atoms with Gasteiger partial charge in [0.2, 0.25) is 0 Å². The molecule has 2 saturated heterocycles. The van der Waals surface area contributed by atoms with Crippen molar-refractivity contribution in [1.82, 2.24) is 61.4 Å². The van der Waals surface area contributed by atoms with Gasteiger partial charge in [0.1, 0.15) is 17.2 Å². The van der Waals surface area contributed by atoms with Crippen molar-refractivity contribution in [2.45, 2.75) is 75.2 Å². The quantitative estimate of drug-likeness (QED) is 0.0805. The van der Waals surface area contributed by atoms with E-state index in [2.05, 4.69) is 259 Å². The summed E-state index contributed by atoms with van der Waals surface area (Å²) >= 11 is 18.0. The van der Waals surface area contributed by atoms with E-state index in [1.807, 2.05) is 69.7 Å². The molecule has 9 aromatic heterocycles. The highest BCUT2D eigenvalue weighted by Gasteiger charge is 2.29. The topological polar surface area (TPSA) is 268 Å². The van der Waals surface area contributed by atoms with Crippen LogP contribution >= 0.6 is 109 Å². The second-order valence-electron chi connectivity index (χ2n) is 34.5. The fourth-order valence-corrected chi connectivity index (χ4v) is 23.6. The fourth-order valence-electron chi connectivity index (χ4n) is 16.7. The molecule has 31 heteroatoms. The summed E-state index contributed by atoms with van der Waals surface area (Å²) in [4.78, 5) is 37.0. The van der Waals surface area contributed by atoms with Crippen LogP contribution in [0.4, 0.5) is 0 Å². The van der Waals surface area contributed by atoms with E-state index in [9.17, 15) is 40.6 Å². The number of fused-ring (bicyclic) bond motifs is 6. The van der Waals surface area contributed by atoms with Crippen LogP contribution in [0.3, 0.4) is 0 Å². The number of phenols is 3. The van der Waals surface area contributed by atoms with Gasteiger partial charge in [-0.05, 0) is 303 Å². The largest absolute Gasteiger partial charge is 0.508 e. The van der Waals surface area contributed by atoms with Crippen LogP contribution in [0.2, 0.25) is 0 Å². The Kier molecular flexibility index (Phi) is 32.5. The van der Waals surface area contributed by atoms with Gasteiger partial charge >= 0.3 is 0 Å². The van der Waals surface area contributed by atoms with Crippen LogP contribution in [0, 0.1) is 24.3 Å². The average molecular weight is 2400 g/mol. The molecule has 2 fully saturated rings. The molecule has 22 nitrogen and oxygen atoms in total. The van der Waals surface area contributed by atoms with Gasteiger partial charge in [-0.25, -0.2) is 52.1 Å². The summed E-state index contributed by atoms with van der Waals surface area (Å²) in [5.41, 5.74) is 23.6. The summed E-state index contributed by atoms with van der Waals surface area (Å²) in [5, 5.41) is 31.2. The highest BCUT2D eigenvalue weighted by molar-refractivity contribution is 14.1. The Morgan fingerprint density at radius 2 is 0.700 bits per heavy atom. The van der Waals surface area contributed by atoms with E-state index in [-0.39, 0.29) is 33.6 Å². The lowest BCUT2D eigenvalue weighted by molar-refractivity contribution is 0.148. The van der Waals surface area contributed by atoms with Crippen molar-refractivity contribution < 1.29 is 40.6 Å². The summed E-state index contributed by atoms with van der Waals surface area (Å²) in [6, 6.07) is 70.8. The lowest BCUT2D eigenvalue weighted by atomic mass is 9.97. The first-order chi connectivity index (χ1) is 66.8. The zero-order valence-electron chi connectivity index (χ0n) is 76.2. The Hall–Kier alpha value is -11.0. The lowest BCUT2D eigenvalue weighted by Crippen LogP contribution is -2.43. The van der Waals surface area contributed by atoms with Gasteiger partial charge in [-0.3, -0.25) is 24.8 Å². The Bertz CT molecular complexity index is 7880. The van der Waals surface area contributed by atoms with Gasteiger partial charge in [0.05, 0.1) is 31.8 Å². The van der Waals surface area contributed by atoms with E-state index in [0.29, 0.717) is 28.1 Å². The number of hydrogen-bond donors (Lipinski definition) is 3. The molecule has 5 aliphatic rings. The maximum absolute atomic E-state index is 13.7. The first-order valence-electron chi connectivity index (χ1n) is 44.7. The van der Waals surface area contributed by atoms with Gasteiger partial charge in [-0.2, -0.15) is 0 Å². The van der Waals surface area contributed by atoms with Gasteiger partial charge in [0, 0.05) is 215 Å². The molecule has 0 unspecified atom stereocenters. The number of allylic oxidation sites excluding steroid dienone is 3. The number of halogens is 6. The number of benzene rings is 8. The zero-order chi connectivity index (χ0) is 97.6. The molecule has 0 bridgehead atoms. The fraction of sp³-hybridized carbons (Fsp3) is 0.174. The molecular weight excluding hydrogens is 2300 g/mol. The Balaban J connectivity index is 0.000000127. The first-order valence-corrected chi connectivity index (χ1v) is 54.3. The van der Waals surface area contributed by atoms with Crippen molar-refractivity contribution in [3.63, 3.8) is 0 Å². The summed E-state index contributed by atoms with van der Waals surface area (Å²) in [5.74, 6) is 0.588. The van der Waals surface area contributed by atoms with Crippen molar-refractivity contribution in [3.05, 3.63) is 393 Å². The molecular formula is C109H99Br4I2N13O9S3. The summed E-state index contributed by atoms with van der Waals surface area (Å²) in [6.07, 6.45) is 26.9. The number of rotatable bonds is 15. The number of likely N-dealkylation sites (N-methyl/N-ethyl adjacent to an activating group) is 2. The molecule has 3 aliphatic carbocycles. The van der Waals surface area contributed by atoms with Crippen LogP contribution in [0.5, 0.6) is 17.2 Å². The molecule has 11 heterocycles. The third kappa shape index (κ3) is 23.8. The third-order valence-electron chi connectivity index (χ3n) is 24.6. The van der Waals surface area contributed by atoms with Gasteiger partial charge < -0.3 is 25.1 Å². The van der Waals surface area contributed by atoms with Crippen molar-refractivity contribution in [2.24, 2.45) is 0 Å². The number of piperazine rings is 2. The van der Waals surface area contributed by atoms with Gasteiger partial charge in [-0.15, -0.1) is 0 Å². The molecule has 140 heavy (non-hydrogen) atoms. The maximum atomic E-state index is 13.7. The van der Waals surface area contributed by atoms with E-state index in [0.717, 1.165) is 184 Å². The molecule has 0 atom stereocenters. The summed E-state index contributed by atoms with van der Waals surface area (Å²) in [6.45, 7) is 16.6. The Labute approximate surface area is 877 Å². The van der Waals surface area contributed by atoms with E-state index in [1.54, 1.807) is 171 Å². The normalized spacial score (nSPS) is 14.1. The number of aryl methyl sites for hydroxylation is 3. The molecule has 3 N–H and O–H groups in total. The molecule has 2 aliphatic heterocycles. The number of aromatic nitrogens is 9. The smallest absolute Gasteiger partial charge is 0.269 e. The number of nitrogens with zero attached hydrogens (tertiary/aromatic N) is 13. The number of aromatic hydroxyl groups is 3. The molecule has 714 valence electrons. The second-order valence-corrected chi connectivity index (χ2v) is 45.9. The lowest BCUT2D eigenvalue weighted by Gasteiger charge is -2.32. The zero-order valence-corrected chi connectivity index (χ0v) is 89.3. The van der Waals surface area contributed by atoms with Crippen LogP contribution < -0.4 is 0 Å². The minimum atomic E-state index is -3.88. The minimum absolute atomic E-state index is 0. The van der Waals surface area contributed by atoms with E-state index >= 15 is 0 Å². The van der Waals surface area contributed by atoms with E-state index in [1.165, 1.54) is 65.8 Å². The van der Waals surface area contributed by atoms with Crippen molar-refractivity contribution in [1.29, 1.82) is 0 Å². The number of hydrogen-bond acceptors (Lipinski definition) is 19. The highest BCUT2D eigenvalue weighted by atomic mass is 127. The standard InChI is InChI=1S/C32H32N4O3S.C26H27N3O.C20H15BrN2O3S.C14H10BrIN2O2S.C8H5BrIN.C8H6BrN.CH4/c1-23-3-13-29(14-4-23)40(38,39)36-22-31(26-9-11-28(37)12-10-26)30-19-27(20-33-32(30)36)25-7-5-24(6-8-25)21-35-17-15-34(2)16-18-35;1-28-12-14-29(15-13-28)18-19-2-4-20(5-3-19)22-16-25-24(10-11-26(25)27-17-22)21-6-8-23(30)9-7-21;1-13-2-8-17(9-3-13)27(25,26)23-12-19(14-4-6-16(24)7-5-14)18-10-15(21)11-22-20(18)23;1-9-2-4-11(5-3-9)21(19,20)18-8-13(16)12-6-10(15)7-17-14(12)18;9-5-3-6-7(10)1-2-8(6)11-4-5;9-7-4-6-2-1-3-8(6)10-5-7;/h3-14,19-20,22,37H,15-18,21H2,1-2H3;2-10,16-17,30H,11-15,18H2,1H3;2-12,24H,1H3;2-8H,1H3;1,3-4H,2H2;1-2,4-5H,3H2;1H4. The molecule has 8 aromatic carbocycles. The van der Waals surface area contributed by atoms with E-state index < -0.39 is 30.1 Å². The van der Waals surface area contributed by atoms with Gasteiger partial charge in [0.25, 0.3) is 30.1 Å². The average Bonchev–Trinajstić information content (AvgIpc) is 1.20. The predicted molar refractivity (Wildman–Crippen MR) is 591 cm³/mol. The maximum Gasteiger partial charge on any atom is 0.269 e. The second kappa shape index (κ2) is 44.6. The van der Waals surface area contributed by atoms with Crippen LogP contribution in [-0.2, 0) is 62.4 Å². The molecule has 0 spiro atoms. The van der Waals surface area contributed by atoms with E-state index in [4.69, 9.17) is 4.98 Å². The molecule has 0 radical (unpaired) electrons. The summed E-state index contributed by atoms with van der Waals surface area (Å²) < 4.78 is 88.9. The SMILES string of the molecule is Brc1cnc2c(c1)C(I)=CC2.Brc1cnc2c(c1)C=CC2.C.CN1CCN(Cc2ccc(-c3cnc4c(c3)C(c3ccc(O)cc3)=CC4)cc2)CC1.Cc1ccc(S(=O)(=O)n2cc(-c3ccc(O)cc3)c3cc(-c4ccc(CN5CCN(C)CC5)cc4)cnc32)cc1.Cc1ccc(S(=O)(=O)n2cc(-c3ccc(O)cc3)c3cc(Br)cnc32)cc1.Cc1ccc(S(=O)(=O)n2cc(I)c3cc(Br)cnc32)cc1. The number of phenolic OH excluding ortho intramolecular Hbond substituents is 3. The molecule has 17 aromatic rings. The predicted octanol–water partition coefficient (Wildman–Crippen LogP) is 24.4.